The summed E-state index contributed by atoms with van der Waals surface area (Å²) in [4.78, 5) is 18.7. The molecule has 0 bridgehead atoms. The summed E-state index contributed by atoms with van der Waals surface area (Å²) in [6, 6.07) is 15.5. The zero-order valence-electron chi connectivity index (χ0n) is 13.9. The zero-order valence-corrected chi connectivity index (χ0v) is 13.9. The molecule has 0 atom stereocenters. The normalized spacial score (nSPS) is 10.6. The van der Waals surface area contributed by atoms with Crippen molar-refractivity contribution in [1.82, 2.24) is 14.5 Å². The quantitative estimate of drug-likeness (QED) is 0.658. The van der Waals surface area contributed by atoms with Crippen LogP contribution in [0.5, 0.6) is 0 Å². The molecule has 3 aromatic rings. The lowest BCUT2D eigenvalue weighted by atomic mass is 10.1. The number of carbonyl (C=O) groups is 1. The summed E-state index contributed by atoms with van der Waals surface area (Å²) in [5.74, 6) is -0.291. The largest absolute Gasteiger partial charge is 0.337 e. The third-order valence-electron chi connectivity index (χ3n) is 4.00. The molecule has 5 heteroatoms. The van der Waals surface area contributed by atoms with Gasteiger partial charge in [-0.2, -0.15) is 0 Å². The van der Waals surface area contributed by atoms with Gasteiger partial charge in [0.2, 0.25) is 0 Å². The van der Waals surface area contributed by atoms with Crippen LogP contribution in [0.25, 0.3) is 0 Å². The summed E-state index contributed by atoms with van der Waals surface area (Å²) in [5, 5.41) is 0. The standard InChI is InChI=1S/C20H20FN3O/c21-19-9-7-17(8-10-19)15-24(13-4-12-23-14-11-22-16-23)20(25)18-5-2-1-3-6-18/h1-3,5-11,14,16H,4,12-13,15H2. The molecule has 0 saturated carbocycles. The Morgan fingerprint density at radius 3 is 2.52 bits per heavy atom. The Morgan fingerprint density at radius 2 is 1.84 bits per heavy atom. The average Bonchev–Trinajstić information content (AvgIpc) is 3.16. The van der Waals surface area contributed by atoms with E-state index in [-0.39, 0.29) is 11.7 Å². The van der Waals surface area contributed by atoms with Crippen molar-refractivity contribution in [3.05, 3.63) is 90.3 Å². The van der Waals surface area contributed by atoms with Crippen molar-refractivity contribution in [2.24, 2.45) is 0 Å². The highest BCUT2D eigenvalue weighted by Gasteiger charge is 2.15. The third-order valence-corrected chi connectivity index (χ3v) is 4.00. The van der Waals surface area contributed by atoms with Crippen LogP contribution in [0, 0.1) is 5.82 Å². The molecule has 0 radical (unpaired) electrons. The van der Waals surface area contributed by atoms with Crippen molar-refractivity contribution in [2.75, 3.05) is 6.54 Å². The number of rotatable bonds is 7. The summed E-state index contributed by atoms with van der Waals surface area (Å²) in [6.45, 7) is 1.86. The second kappa shape index (κ2) is 8.24. The van der Waals surface area contributed by atoms with E-state index in [1.54, 1.807) is 29.6 Å². The molecule has 0 aliphatic rings. The molecule has 0 aliphatic heterocycles. The van der Waals surface area contributed by atoms with Gasteiger partial charge in [-0.05, 0) is 36.2 Å². The number of aromatic nitrogens is 2. The minimum Gasteiger partial charge on any atom is -0.337 e. The fourth-order valence-electron chi connectivity index (χ4n) is 2.69. The fraction of sp³-hybridized carbons (Fsp3) is 0.200. The van der Waals surface area contributed by atoms with Crippen molar-refractivity contribution < 1.29 is 9.18 Å². The van der Waals surface area contributed by atoms with Crippen LogP contribution in [0.15, 0.2) is 73.3 Å². The van der Waals surface area contributed by atoms with E-state index in [0.717, 1.165) is 18.5 Å². The highest BCUT2D eigenvalue weighted by atomic mass is 19.1. The van der Waals surface area contributed by atoms with Gasteiger partial charge in [-0.3, -0.25) is 4.79 Å². The topological polar surface area (TPSA) is 38.1 Å². The molecule has 1 amide bonds. The average molecular weight is 337 g/mol. The second-order valence-corrected chi connectivity index (χ2v) is 5.87. The number of nitrogens with zero attached hydrogens (tertiary/aromatic N) is 3. The first kappa shape index (κ1) is 16.9. The van der Waals surface area contributed by atoms with Gasteiger partial charge in [0.05, 0.1) is 6.33 Å². The molecule has 4 nitrogen and oxygen atoms in total. The number of hydrogen-bond donors (Lipinski definition) is 0. The Balaban J connectivity index is 1.70. The number of aryl methyl sites for hydroxylation is 1. The number of imidazole rings is 1. The Hall–Kier alpha value is -2.95. The summed E-state index contributed by atoms with van der Waals surface area (Å²) < 4.78 is 15.1. The molecule has 0 spiro atoms. The molecule has 25 heavy (non-hydrogen) atoms. The smallest absolute Gasteiger partial charge is 0.254 e. The highest BCUT2D eigenvalue weighted by Crippen LogP contribution is 2.12. The highest BCUT2D eigenvalue weighted by molar-refractivity contribution is 5.94. The van der Waals surface area contributed by atoms with E-state index in [1.165, 1.54) is 12.1 Å². The molecule has 0 fully saturated rings. The fourth-order valence-corrected chi connectivity index (χ4v) is 2.69. The van der Waals surface area contributed by atoms with E-state index in [1.807, 2.05) is 41.1 Å². The monoisotopic (exact) mass is 337 g/mol. The van der Waals surface area contributed by atoms with Crippen LogP contribution in [0.4, 0.5) is 4.39 Å². The molecule has 2 aromatic carbocycles. The van der Waals surface area contributed by atoms with Crippen LogP contribution in [0.2, 0.25) is 0 Å². The number of hydrogen-bond acceptors (Lipinski definition) is 2. The summed E-state index contributed by atoms with van der Waals surface area (Å²) >= 11 is 0. The van der Waals surface area contributed by atoms with Gasteiger partial charge < -0.3 is 9.47 Å². The summed E-state index contributed by atoms with van der Waals surface area (Å²) in [5.41, 5.74) is 1.57. The molecule has 0 saturated heterocycles. The van der Waals surface area contributed by atoms with E-state index >= 15 is 0 Å². The Labute approximate surface area is 146 Å². The Kier molecular flexibility index (Phi) is 5.57. The number of amides is 1. The molecule has 0 N–H and O–H groups in total. The molecular formula is C20H20FN3O. The third kappa shape index (κ3) is 4.76. The lowest BCUT2D eigenvalue weighted by molar-refractivity contribution is 0.0739. The first-order valence-electron chi connectivity index (χ1n) is 8.27. The molecule has 1 heterocycles. The van der Waals surface area contributed by atoms with Crippen LogP contribution in [-0.4, -0.2) is 26.9 Å². The molecule has 0 unspecified atom stereocenters. The van der Waals surface area contributed by atoms with Gasteiger partial charge in [0.25, 0.3) is 5.91 Å². The number of benzene rings is 2. The summed E-state index contributed by atoms with van der Waals surface area (Å²) in [7, 11) is 0. The van der Waals surface area contributed by atoms with Crippen LogP contribution in [0.3, 0.4) is 0 Å². The number of carbonyl (C=O) groups excluding carboxylic acids is 1. The van der Waals surface area contributed by atoms with Crippen LogP contribution < -0.4 is 0 Å². The first-order valence-corrected chi connectivity index (χ1v) is 8.27. The van der Waals surface area contributed by atoms with Gasteiger partial charge in [0, 0.05) is 37.6 Å². The molecule has 0 aliphatic carbocycles. The maximum Gasteiger partial charge on any atom is 0.254 e. The summed E-state index contributed by atoms with van der Waals surface area (Å²) in [6.07, 6.45) is 6.23. The van der Waals surface area contributed by atoms with Gasteiger partial charge in [-0.1, -0.05) is 30.3 Å². The van der Waals surface area contributed by atoms with E-state index < -0.39 is 0 Å². The molecular weight excluding hydrogens is 317 g/mol. The maximum absolute atomic E-state index is 13.1. The van der Waals surface area contributed by atoms with Gasteiger partial charge in [0.15, 0.2) is 0 Å². The van der Waals surface area contributed by atoms with Crippen molar-refractivity contribution in [3.63, 3.8) is 0 Å². The first-order chi connectivity index (χ1) is 12.2. The van der Waals surface area contributed by atoms with Gasteiger partial charge >= 0.3 is 0 Å². The van der Waals surface area contributed by atoms with Gasteiger partial charge in [-0.25, -0.2) is 9.37 Å². The Morgan fingerprint density at radius 1 is 1.08 bits per heavy atom. The lowest BCUT2D eigenvalue weighted by Crippen LogP contribution is -2.32. The van der Waals surface area contributed by atoms with Crippen LogP contribution in [-0.2, 0) is 13.1 Å². The minimum atomic E-state index is -0.273. The van der Waals surface area contributed by atoms with Crippen molar-refractivity contribution in [2.45, 2.75) is 19.5 Å². The van der Waals surface area contributed by atoms with Crippen LogP contribution >= 0.6 is 0 Å². The van der Waals surface area contributed by atoms with Crippen molar-refractivity contribution in [3.8, 4) is 0 Å². The maximum atomic E-state index is 13.1. The number of halogens is 1. The lowest BCUT2D eigenvalue weighted by Gasteiger charge is -2.23. The van der Waals surface area contributed by atoms with E-state index in [4.69, 9.17) is 0 Å². The predicted molar refractivity (Wildman–Crippen MR) is 94.4 cm³/mol. The molecule has 128 valence electrons. The van der Waals surface area contributed by atoms with Crippen molar-refractivity contribution >= 4 is 5.91 Å². The van der Waals surface area contributed by atoms with E-state index in [9.17, 15) is 9.18 Å². The van der Waals surface area contributed by atoms with E-state index in [2.05, 4.69) is 4.98 Å². The Bertz CT molecular complexity index is 786. The van der Waals surface area contributed by atoms with Crippen LogP contribution in [0.1, 0.15) is 22.3 Å². The predicted octanol–water partition coefficient (Wildman–Crippen LogP) is 3.75. The second-order valence-electron chi connectivity index (χ2n) is 5.87. The minimum absolute atomic E-state index is 0.0180. The van der Waals surface area contributed by atoms with Crippen molar-refractivity contribution in [1.29, 1.82) is 0 Å². The van der Waals surface area contributed by atoms with E-state index in [0.29, 0.717) is 18.7 Å². The molecule has 3 rings (SSSR count). The zero-order chi connectivity index (χ0) is 17.5. The SMILES string of the molecule is O=C(c1ccccc1)N(CCCn1ccnc1)Cc1ccc(F)cc1. The van der Waals surface area contributed by atoms with Gasteiger partial charge in [-0.15, -0.1) is 0 Å². The molecule has 1 aromatic heterocycles. The van der Waals surface area contributed by atoms with Gasteiger partial charge in [0.1, 0.15) is 5.82 Å².